The van der Waals surface area contributed by atoms with Gasteiger partial charge in [0.1, 0.15) is 11.6 Å². The molecular formula is C32H43N7O3S. The molecule has 1 unspecified atom stereocenters. The molecule has 0 radical (unpaired) electrons. The van der Waals surface area contributed by atoms with Crippen LogP contribution in [0.15, 0.2) is 53.7 Å². The minimum atomic E-state index is -4.27. The Labute approximate surface area is 255 Å². The molecular weight excluding hydrogens is 562 g/mol. The van der Waals surface area contributed by atoms with Crippen LogP contribution in [0.5, 0.6) is 0 Å². The Kier molecular flexibility index (Phi) is 8.26. The Balaban J connectivity index is 1.58. The lowest BCUT2D eigenvalue weighted by molar-refractivity contribution is 0.0981. The summed E-state index contributed by atoms with van der Waals surface area (Å²) >= 11 is 0. The van der Waals surface area contributed by atoms with Gasteiger partial charge in [-0.3, -0.25) is 9.78 Å². The van der Waals surface area contributed by atoms with Gasteiger partial charge in [-0.15, -0.1) is 0 Å². The van der Waals surface area contributed by atoms with Crippen molar-refractivity contribution in [3.63, 3.8) is 0 Å². The third kappa shape index (κ3) is 6.83. The smallest absolute Gasteiger partial charge is 0.281 e. The van der Waals surface area contributed by atoms with Gasteiger partial charge in [0.25, 0.3) is 15.9 Å². The van der Waals surface area contributed by atoms with E-state index in [-0.39, 0.29) is 27.6 Å². The number of aromatic nitrogens is 3. The first kappa shape index (κ1) is 30.9. The van der Waals surface area contributed by atoms with Crippen LogP contribution < -0.4 is 14.9 Å². The maximum Gasteiger partial charge on any atom is 0.281 e. The van der Waals surface area contributed by atoms with Crippen LogP contribution in [0.4, 0.5) is 11.6 Å². The van der Waals surface area contributed by atoms with Crippen LogP contribution in [0.3, 0.4) is 0 Å². The number of anilines is 2. The highest BCUT2D eigenvalue weighted by molar-refractivity contribution is 7.90. The first-order chi connectivity index (χ1) is 20.1. The molecule has 1 amide bonds. The van der Waals surface area contributed by atoms with Gasteiger partial charge in [0.2, 0.25) is 0 Å². The fourth-order valence-electron chi connectivity index (χ4n) is 6.05. The van der Waals surface area contributed by atoms with Gasteiger partial charge in [0.05, 0.1) is 17.3 Å². The standard InChI is InChI=1S/C32H43N7O3S/c1-31(2,3)26-16-13-23-29(35-26)39-20-21(17-32(39,4)5)11-15-25(24-14-12-22(18-33-24)19-38(6)7)34-27-9-8-10-28(36-27)43(41,42)37-30(23)40/h8-10,12-14,16,18,21,25H,11,15,17,19-20H2,1-7H3,(H,34,36)(H,37,40)/t21-,25?/m0/s1. The predicted octanol–water partition coefficient (Wildman–Crippen LogP) is 4.90. The highest BCUT2D eigenvalue weighted by Crippen LogP contribution is 2.41. The number of carbonyl (C=O) groups excluding carboxylic acids is 1. The van der Waals surface area contributed by atoms with E-state index in [2.05, 4.69) is 65.5 Å². The zero-order chi connectivity index (χ0) is 31.2. The van der Waals surface area contributed by atoms with Gasteiger partial charge in [-0.25, -0.2) is 14.7 Å². The van der Waals surface area contributed by atoms with E-state index in [1.165, 1.54) is 6.07 Å². The summed E-state index contributed by atoms with van der Waals surface area (Å²) in [5.41, 5.74) is 2.50. The summed E-state index contributed by atoms with van der Waals surface area (Å²) in [6, 6.07) is 12.2. The average Bonchev–Trinajstić information content (AvgIpc) is 3.23. The van der Waals surface area contributed by atoms with Crippen molar-refractivity contribution in [2.24, 2.45) is 5.92 Å². The van der Waals surface area contributed by atoms with Crippen LogP contribution in [0.25, 0.3) is 0 Å². The summed E-state index contributed by atoms with van der Waals surface area (Å²) < 4.78 is 29.1. The lowest BCUT2D eigenvalue weighted by atomic mass is 9.90. The number of carbonyl (C=O) groups is 1. The monoisotopic (exact) mass is 605 g/mol. The summed E-state index contributed by atoms with van der Waals surface area (Å²) in [7, 11) is -0.224. The molecule has 2 aliphatic heterocycles. The lowest BCUT2D eigenvalue weighted by Gasteiger charge is -2.34. The topological polar surface area (TPSA) is 120 Å². The molecule has 0 aliphatic carbocycles. The second-order valence-electron chi connectivity index (χ2n) is 13.7. The lowest BCUT2D eigenvalue weighted by Crippen LogP contribution is -2.41. The molecule has 2 N–H and O–H groups in total. The normalized spacial score (nSPS) is 21.8. The Bertz CT molecular complexity index is 1600. The molecule has 2 aliphatic rings. The van der Waals surface area contributed by atoms with Gasteiger partial charge in [0.15, 0.2) is 5.03 Å². The molecule has 10 nitrogen and oxygen atoms in total. The zero-order valence-corrected chi connectivity index (χ0v) is 27.0. The number of pyridine rings is 3. The van der Waals surface area contributed by atoms with Gasteiger partial charge in [-0.2, -0.15) is 8.42 Å². The van der Waals surface area contributed by atoms with Crippen molar-refractivity contribution < 1.29 is 13.2 Å². The van der Waals surface area contributed by atoms with Gasteiger partial charge < -0.3 is 15.1 Å². The molecule has 4 bridgehead atoms. The van der Waals surface area contributed by atoms with E-state index in [1.54, 1.807) is 18.2 Å². The van der Waals surface area contributed by atoms with E-state index in [1.807, 2.05) is 32.4 Å². The fraction of sp³-hybridized carbons (Fsp3) is 0.500. The summed E-state index contributed by atoms with van der Waals surface area (Å²) in [5, 5.41) is 3.21. The van der Waals surface area contributed by atoms with Gasteiger partial charge >= 0.3 is 0 Å². The van der Waals surface area contributed by atoms with E-state index in [4.69, 9.17) is 9.97 Å². The predicted molar refractivity (Wildman–Crippen MR) is 169 cm³/mol. The quantitative estimate of drug-likeness (QED) is 0.429. The van der Waals surface area contributed by atoms with Crippen LogP contribution >= 0.6 is 0 Å². The first-order valence-corrected chi connectivity index (χ1v) is 16.3. The molecule has 1 saturated heterocycles. The minimum Gasteiger partial charge on any atom is -0.362 e. The van der Waals surface area contributed by atoms with Crippen molar-refractivity contribution in [3.05, 3.63) is 71.2 Å². The number of nitrogens with zero attached hydrogens (tertiary/aromatic N) is 5. The number of sulfonamides is 1. The molecule has 5 heterocycles. The molecule has 2 atom stereocenters. The van der Waals surface area contributed by atoms with Gasteiger partial charge in [-0.05, 0) is 89.0 Å². The van der Waals surface area contributed by atoms with Crippen LogP contribution in [-0.4, -0.2) is 60.4 Å². The van der Waals surface area contributed by atoms with Crippen molar-refractivity contribution in [2.75, 3.05) is 30.9 Å². The fourth-order valence-corrected chi connectivity index (χ4v) is 6.99. The van der Waals surface area contributed by atoms with E-state index in [0.29, 0.717) is 24.1 Å². The Hall–Kier alpha value is -3.57. The molecule has 1 fully saturated rings. The molecule has 5 rings (SSSR count). The van der Waals surface area contributed by atoms with Crippen molar-refractivity contribution in [2.45, 2.75) is 82.4 Å². The number of rotatable bonds is 3. The average molecular weight is 606 g/mol. The number of hydrogen-bond donors (Lipinski definition) is 2. The second-order valence-corrected chi connectivity index (χ2v) is 15.3. The van der Waals surface area contributed by atoms with Crippen molar-refractivity contribution >= 4 is 27.6 Å². The second kappa shape index (κ2) is 11.5. The molecule has 0 saturated carbocycles. The van der Waals surface area contributed by atoms with E-state index >= 15 is 0 Å². The van der Waals surface area contributed by atoms with Crippen molar-refractivity contribution in [3.8, 4) is 0 Å². The number of hydrogen-bond acceptors (Lipinski definition) is 9. The maximum atomic E-state index is 13.6. The van der Waals surface area contributed by atoms with Crippen LogP contribution in [0.1, 0.15) is 87.2 Å². The van der Waals surface area contributed by atoms with Gasteiger partial charge in [-0.1, -0.05) is 32.9 Å². The molecule has 3 aromatic rings. The number of nitrogens with one attached hydrogen (secondary N) is 2. The largest absolute Gasteiger partial charge is 0.362 e. The highest BCUT2D eigenvalue weighted by Gasteiger charge is 2.41. The Morgan fingerprint density at radius 3 is 2.49 bits per heavy atom. The van der Waals surface area contributed by atoms with E-state index < -0.39 is 15.9 Å². The van der Waals surface area contributed by atoms with E-state index in [0.717, 1.165) is 42.8 Å². The summed E-state index contributed by atoms with van der Waals surface area (Å²) in [5.74, 6) is 0.519. The molecule has 43 heavy (non-hydrogen) atoms. The van der Waals surface area contributed by atoms with Crippen molar-refractivity contribution in [1.29, 1.82) is 0 Å². The third-order valence-corrected chi connectivity index (χ3v) is 9.45. The molecule has 0 spiro atoms. The SMILES string of the molecule is CN(C)Cc1ccc(C2CC[C@@H]3CN(c4nc(C(C)(C)C)ccc4C(=O)NS(=O)(=O)c4cccc(n4)N2)C(C)(C)C3)nc1. The molecule has 230 valence electrons. The zero-order valence-electron chi connectivity index (χ0n) is 26.2. The molecule has 3 aromatic heterocycles. The van der Waals surface area contributed by atoms with Crippen LogP contribution in [0, 0.1) is 5.92 Å². The van der Waals surface area contributed by atoms with Gasteiger partial charge in [0, 0.05) is 35.9 Å². The number of fused-ring (bicyclic) bond motifs is 6. The third-order valence-electron chi connectivity index (χ3n) is 8.22. The first-order valence-electron chi connectivity index (χ1n) is 14.8. The van der Waals surface area contributed by atoms with E-state index in [9.17, 15) is 13.2 Å². The Morgan fingerprint density at radius 2 is 1.81 bits per heavy atom. The molecule has 11 heteroatoms. The maximum absolute atomic E-state index is 13.6. The van der Waals surface area contributed by atoms with Crippen LogP contribution in [-0.2, 0) is 22.0 Å². The highest BCUT2D eigenvalue weighted by atomic mass is 32.2. The Morgan fingerprint density at radius 1 is 1.05 bits per heavy atom. The number of amides is 1. The van der Waals surface area contributed by atoms with Crippen LogP contribution in [0.2, 0.25) is 0 Å². The summed E-state index contributed by atoms with van der Waals surface area (Å²) in [6.45, 7) is 12.0. The molecule has 0 aromatic carbocycles. The minimum absolute atomic E-state index is 0.186. The summed E-state index contributed by atoms with van der Waals surface area (Å²) in [6.07, 6.45) is 4.47. The van der Waals surface area contributed by atoms with Crippen molar-refractivity contribution in [1.82, 2.24) is 24.6 Å². The summed E-state index contributed by atoms with van der Waals surface area (Å²) in [4.78, 5) is 32.1.